The van der Waals surface area contributed by atoms with Gasteiger partial charge in [-0.15, -0.1) is 0 Å². The molecule has 0 fully saturated rings. The first kappa shape index (κ1) is 19.4. The Morgan fingerprint density at radius 1 is 1.04 bits per heavy atom. The van der Waals surface area contributed by atoms with Gasteiger partial charge in [-0.3, -0.25) is 4.79 Å². The van der Waals surface area contributed by atoms with Crippen LogP contribution in [0, 0.1) is 0 Å². The Morgan fingerprint density at radius 2 is 1.79 bits per heavy atom. The number of likely N-dealkylation sites (N-methyl/N-ethyl adjacent to an activating group) is 1. The van der Waals surface area contributed by atoms with Gasteiger partial charge in [-0.25, -0.2) is 9.97 Å². The van der Waals surface area contributed by atoms with E-state index >= 15 is 0 Å². The predicted octanol–water partition coefficient (Wildman–Crippen LogP) is 3.50. The number of carbonyl (C=O) groups excluding carboxylic acids is 1. The summed E-state index contributed by atoms with van der Waals surface area (Å²) in [5.41, 5.74) is 1.49. The second kappa shape index (κ2) is 9.03. The number of carbonyl (C=O) groups is 1. The summed E-state index contributed by atoms with van der Waals surface area (Å²) >= 11 is 0. The van der Waals surface area contributed by atoms with Crippen molar-refractivity contribution >= 4 is 28.3 Å². The second-order valence-electron chi connectivity index (χ2n) is 6.15. The molecule has 0 radical (unpaired) electrons. The molecule has 0 saturated heterocycles. The van der Waals surface area contributed by atoms with Gasteiger partial charge >= 0.3 is 0 Å². The normalized spacial score (nSPS) is 10.5. The highest BCUT2D eigenvalue weighted by atomic mass is 16.5. The molecule has 3 aromatic rings. The quantitative estimate of drug-likeness (QED) is 0.645. The highest BCUT2D eigenvalue weighted by Gasteiger charge is 2.13. The third kappa shape index (κ3) is 4.49. The van der Waals surface area contributed by atoms with E-state index in [1.54, 1.807) is 23.1 Å². The zero-order valence-corrected chi connectivity index (χ0v) is 16.3. The number of aromatic nitrogens is 2. The van der Waals surface area contributed by atoms with E-state index in [0.29, 0.717) is 36.2 Å². The summed E-state index contributed by atoms with van der Waals surface area (Å²) in [5.74, 6) is 1.82. The molecule has 146 valence electrons. The molecule has 0 spiro atoms. The molecule has 0 aliphatic carbocycles. The highest BCUT2D eigenvalue weighted by molar-refractivity contribution is 5.96. The number of hydrogen-bond donors (Lipinski definition) is 1. The molecule has 0 aliphatic rings. The van der Waals surface area contributed by atoms with Crippen LogP contribution in [-0.2, 0) is 4.79 Å². The third-order valence-electron chi connectivity index (χ3n) is 4.09. The molecule has 3 rings (SSSR count). The largest absolute Gasteiger partial charge is 0.490 e. The van der Waals surface area contributed by atoms with Crippen LogP contribution < -0.4 is 19.7 Å². The minimum atomic E-state index is -0.156. The number of amides is 1. The van der Waals surface area contributed by atoms with E-state index < -0.39 is 0 Å². The van der Waals surface area contributed by atoms with Crippen LogP contribution in [0.1, 0.15) is 13.8 Å². The first-order valence-corrected chi connectivity index (χ1v) is 9.22. The van der Waals surface area contributed by atoms with E-state index in [9.17, 15) is 4.79 Å². The fourth-order valence-corrected chi connectivity index (χ4v) is 2.91. The minimum Gasteiger partial charge on any atom is -0.490 e. The number of fused-ring (bicyclic) bond motifs is 1. The van der Waals surface area contributed by atoms with Gasteiger partial charge in [0.25, 0.3) is 0 Å². The van der Waals surface area contributed by atoms with Crippen molar-refractivity contribution < 1.29 is 14.3 Å². The van der Waals surface area contributed by atoms with Crippen LogP contribution in [0.5, 0.6) is 11.5 Å². The molecule has 28 heavy (non-hydrogen) atoms. The molecule has 1 aromatic heterocycles. The molecule has 7 heteroatoms. The number of hydrogen-bond acceptors (Lipinski definition) is 6. The van der Waals surface area contributed by atoms with Gasteiger partial charge in [0.1, 0.15) is 12.1 Å². The van der Waals surface area contributed by atoms with Crippen LogP contribution in [0.4, 0.5) is 11.5 Å². The van der Waals surface area contributed by atoms with Crippen molar-refractivity contribution in [1.82, 2.24) is 9.97 Å². The van der Waals surface area contributed by atoms with E-state index in [2.05, 4.69) is 15.3 Å². The molecule has 0 saturated carbocycles. The standard InChI is InChI=1S/C21H24N4O3/c1-4-27-18-11-10-15(12-19(18)28-5-2)24-20(26)13-25(3)21-16-8-6-7-9-17(16)22-14-23-21/h6-12,14H,4-5,13H2,1-3H3,(H,24,26). The molecule has 0 atom stereocenters. The summed E-state index contributed by atoms with van der Waals surface area (Å²) in [5, 5.41) is 3.80. The van der Waals surface area contributed by atoms with Crippen molar-refractivity contribution in [2.75, 3.05) is 37.0 Å². The van der Waals surface area contributed by atoms with Crippen molar-refractivity contribution in [1.29, 1.82) is 0 Å². The van der Waals surface area contributed by atoms with Gasteiger partial charge in [-0.1, -0.05) is 12.1 Å². The molecule has 2 aromatic carbocycles. The SMILES string of the molecule is CCOc1ccc(NC(=O)CN(C)c2ncnc3ccccc23)cc1OCC. The Balaban J connectivity index is 1.72. The lowest BCUT2D eigenvalue weighted by Gasteiger charge is -2.19. The Kier molecular flexibility index (Phi) is 6.26. The van der Waals surface area contributed by atoms with Crippen LogP contribution in [0.25, 0.3) is 10.9 Å². The number of benzene rings is 2. The predicted molar refractivity (Wildman–Crippen MR) is 110 cm³/mol. The van der Waals surface area contributed by atoms with Gasteiger partial charge in [-0.05, 0) is 38.1 Å². The second-order valence-corrected chi connectivity index (χ2v) is 6.15. The van der Waals surface area contributed by atoms with Crippen LogP contribution >= 0.6 is 0 Å². The lowest BCUT2D eigenvalue weighted by atomic mass is 10.2. The maximum atomic E-state index is 12.5. The molecule has 1 N–H and O–H groups in total. The molecule has 1 amide bonds. The lowest BCUT2D eigenvalue weighted by molar-refractivity contribution is -0.114. The summed E-state index contributed by atoms with van der Waals surface area (Å²) in [7, 11) is 1.83. The highest BCUT2D eigenvalue weighted by Crippen LogP contribution is 2.30. The topological polar surface area (TPSA) is 76.6 Å². The van der Waals surface area contributed by atoms with Gasteiger partial charge in [0, 0.05) is 24.2 Å². The first-order valence-electron chi connectivity index (χ1n) is 9.22. The first-order chi connectivity index (χ1) is 13.6. The molecular weight excluding hydrogens is 356 g/mol. The van der Waals surface area contributed by atoms with Crippen LogP contribution in [0.2, 0.25) is 0 Å². The van der Waals surface area contributed by atoms with Crippen molar-refractivity contribution in [2.45, 2.75) is 13.8 Å². The molecular formula is C21H24N4O3. The minimum absolute atomic E-state index is 0.151. The molecule has 0 aliphatic heterocycles. The maximum Gasteiger partial charge on any atom is 0.243 e. The average molecular weight is 380 g/mol. The van der Waals surface area contributed by atoms with Gasteiger partial charge in [0.15, 0.2) is 11.5 Å². The van der Waals surface area contributed by atoms with Gasteiger partial charge in [-0.2, -0.15) is 0 Å². The fraction of sp³-hybridized carbons (Fsp3) is 0.286. The Hall–Kier alpha value is -3.35. The summed E-state index contributed by atoms with van der Waals surface area (Å²) in [6.45, 7) is 5.03. The molecule has 7 nitrogen and oxygen atoms in total. The number of nitrogens with zero attached hydrogens (tertiary/aromatic N) is 3. The Bertz CT molecular complexity index is 956. The van der Waals surface area contributed by atoms with Crippen LogP contribution in [0.3, 0.4) is 0 Å². The van der Waals surface area contributed by atoms with Gasteiger partial charge in [0.2, 0.25) is 5.91 Å². The van der Waals surface area contributed by atoms with E-state index in [1.165, 1.54) is 6.33 Å². The zero-order valence-electron chi connectivity index (χ0n) is 16.3. The van der Waals surface area contributed by atoms with Crippen molar-refractivity contribution in [3.63, 3.8) is 0 Å². The van der Waals surface area contributed by atoms with Crippen molar-refractivity contribution in [2.24, 2.45) is 0 Å². The maximum absolute atomic E-state index is 12.5. The number of anilines is 2. The Morgan fingerprint density at radius 3 is 2.57 bits per heavy atom. The molecule has 0 unspecified atom stereocenters. The lowest BCUT2D eigenvalue weighted by Crippen LogP contribution is -2.30. The number of ether oxygens (including phenoxy) is 2. The van der Waals surface area contributed by atoms with Crippen molar-refractivity contribution in [3.05, 3.63) is 48.8 Å². The molecule has 0 bridgehead atoms. The number of rotatable bonds is 8. The third-order valence-corrected chi connectivity index (χ3v) is 4.09. The summed E-state index contributed by atoms with van der Waals surface area (Å²) in [4.78, 5) is 22.9. The fourth-order valence-electron chi connectivity index (χ4n) is 2.91. The van der Waals surface area contributed by atoms with E-state index in [4.69, 9.17) is 9.47 Å². The smallest absolute Gasteiger partial charge is 0.243 e. The number of para-hydroxylation sites is 1. The van der Waals surface area contributed by atoms with E-state index in [-0.39, 0.29) is 12.5 Å². The monoisotopic (exact) mass is 380 g/mol. The van der Waals surface area contributed by atoms with Crippen LogP contribution in [-0.4, -0.2) is 42.7 Å². The van der Waals surface area contributed by atoms with E-state index in [0.717, 1.165) is 10.9 Å². The van der Waals surface area contributed by atoms with E-state index in [1.807, 2.05) is 45.2 Å². The van der Waals surface area contributed by atoms with Crippen molar-refractivity contribution in [3.8, 4) is 11.5 Å². The summed E-state index contributed by atoms with van der Waals surface area (Å²) in [6, 6.07) is 13.1. The number of nitrogens with one attached hydrogen (secondary N) is 1. The molecule has 1 heterocycles. The zero-order chi connectivity index (χ0) is 19.9. The van der Waals surface area contributed by atoms with Gasteiger partial charge < -0.3 is 19.7 Å². The average Bonchev–Trinajstić information content (AvgIpc) is 2.69. The summed E-state index contributed by atoms with van der Waals surface area (Å²) in [6.07, 6.45) is 1.51. The van der Waals surface area contributed by atoms with Crippen LogP contribution in [0.15, 0.2) is 48.8 Å². The van der Waals surface area contributed by atoms with Gasteiger partial charge in [0.05, 0.1) is 25.3 Å². The Labute approximate surface area is 164 Å². The summed E-state index contributed by atoms with van der Waals surface area (Å²) < 4.78 is 11.2.